The lowest BCUT2D eigenvalue weighted by atomic mass is 10.0. The zero-order valence-electron chi connectivity index (χ0n) is 13.8. The van der Waals surface area contributed by atoms with Crippen LogP contribution in [0.5, 0.6) is 0 Å². The first-order valence-corrected chi connectivity index (χ1v) is 8.44. The van der Waals surface area contributed by atoms with Gasteiger partial charge in [-0.1, -0.05) is 29.8 Å². The summed E-state index contributed by atoms with van der Waals surface area (Å²) >= 11 is 6.29. The van der Waals surface area contributed by atoms with Crippen LogP contribution in [0.2, 0.25) is 5.02 Å². The third-order valence-electron chi connectivity index (χ3n) is 4.29. The molecule has 0 aliphatic heterocycles. The first-order valence-electron chi connectivity index (χ1n) is 8.06. The molecule has 0 bridgehead atoms. The quantitative estimate of drug-likeness (QED) is 0.840. The number of carbonyl (C=O) groups excluding carboxylic acids is 1. The molecule has 0 saturated carbocycles. The summed E-state index contributed by atoms with van der Waals surface area (Å²) < 4.78 is 0. The molecule has 0 spiro atoms. The third-order valence-corrected chi connectivity index (χ3v) is 4.61. The first-order chi connectivity index (χ1) is 12.5. The zero-order valence-corrected chi connectivity index (χ0v) is 14.5. The maximum absolute atomic E-state index is 12.4. The topological polar surface area (TPSA) is 90.2 Å². The highest BCUT2D eigenvalue weighted by Crippen LogP contribution is 2.31. The summed E-state index contributed by atoms with van der Waals surface area (Å²) in [6.07, 6.45) is 1.51. The number of anilines is 1. The molecule has 0 aromatic heterocycles. The number of carboxylic acids is 1. The lowest BCUT2D eigenvalue weighted by Crippen LogP contribution is -2.16. The largest absolute Gasteiger partial charge is 0.478 e. The second kappa shape index (κ2) is 7.42. The zero-order chi connectivity index (χ0) is 18.7. The minimum atomic E-state index is -1.05. The number of hydrogen-bond acceptors (Lipinski definition) is 3. The number of nitriles is 1. The molecule has 130 valence electrons. The van der Waals surface area contributed by atoms with Crippen LogP contribution >= 0.6 is 11.6 Å². The van der Waals surface area contributed by atoms with E-state index in [1.165, 1.54) is 0 Å². The normalized spacial score (nSPS) is 13.4. The molecule has 0 saturated heterocycles. The van der Waals surface area contributed by atoms with Crippen molar-refractivity contribution < 1.29 is 14.7 Å². The van der Waals surface area contributed by atoms with Crippen molar-refractivity contribution in [3.05, 3.63) is 64.2 Å². The Balaban J connectivity index is 1.84. The number of nitrogens with zero attached hydrogens (tertiary/aromatic N) is 1. The van der Waals surface area contributed by atoms with Gasteiger partial charge in [0.2, 0.25) is 0 Å². The van der Waals surface area contributed by atoms with Gasteiger partial charge >= 0.3 is 5.97 Å². The van der Waals surface area contributed by atoms with Crippen LogP contribution in [0, 0.1) is 11.3 Å². The van der Waals surface area contributed by atoms with E-state index in [0.717, 1.165) is 11.1 Å². The molecule has 26 heavy (non-hydrogen) atoms. The third kappa shape index (κ3) is 3.61. The van der Waals surface area contributed by atoms with E-state index in [4.69, 9.17) is 16.9 Å². The summed E-state index contributed by atoms with van der Waals surface area (Å²) in [5.74, 6) is -1.48. The van der Waals surface area contributed by atoms with Crippen LogP contribution in [0.1, 0.15) is 24.8 Å². The van der Waals surface area contributed by atoms with Crippen molar-refractivity contribution in [2.24, 2.45) is 0 Å². The lowest BCUT2D eigenvalue weighted by Gasteiger charge is -2.11. The molecule has 5 nitrogen and oxygen atoms in total. The summed E-state index contributed by atoms with van der Waals surface area (Å²) in [6.45, 7) is 0. The van der Waals surface area contributed by atoms with Gasteiger partial charge in [0.15, 0.2) is 0 Å². The van der Waals surface area contributed by atoms with Gasteiger partial charge in [0.05, 0.1) is 22.3 Å². The first kappa shape index (κ1) is 17.7. The standard InChI is InChI=1S/C20H15ClN2O3/c21-17-10-14(13-4-1-3-12(9-13)11-22)7-8-18(17)23-19(24)15-5-2-6-16(15)20(25)26/h1,3-4,7-10H,2,5-6H2,(H,23,24)(H,25,26). The van der Waals surface area contributed by atoms with E-state index in [9.17, 15) is 14.7 Å². The molecule has 0 heterocycles. The van der Waals surface area contributed by atoms with Gasteiger partial charge in [-0.15, -0.1) is 0 Å². The molecule has 1 amide bonds. The van der Waals surface area contributed by atoms with E-state index < -0.39 is 11.9 Å². The number of aliphatic carboxylic acids is 1. The Morgan fingerprint density at radius 3 is 2.50 bits per heavy atom. The maximum atomic E-state index is 12.4. The van der Waals surface area contributed by atoms with E-state index in [-0.39, 0.29) is 5.57 Å². The molecular formula is C20H15ClN2O3. The Morgan fingerprint density at radius 1 is 1.08 bits per heavy atom. The fourth-order valence-corrected chi connectivity index (χ4v) is 3.22. The summed E-state index contributed by atoms with van der Waals surface area (Å²) in [5.41, 5.74) is 3.10. The molecule has 2 N–H and O–H groups in total. The molecule has 3 rings (SSSR count). The number of nitrogens with one attached hydrogen (secondary N) is 1. The van der Waals surface area contributed by atoms with E-state index in [0.29, 0.717) is 41.1 Å². The van der Waals surface area contributed by atoms with Crippen LogP contribution in [0.3, 0.4) is 0 Å². The highest BCUT2D eigenvalue weighted by molar-refractivity contribution is 6.34. The number of carboxylic acid groups (broad SMARTS) is 1. The number of hydrogen-bond donors (Lipinski definition) is 2. The molecule has 1 aliphatic carbocycles. The predicted molar refractivity (Wildman–Crippen MR) is 98.7 cm³/mol. The number of halogens is 1. The van der Waals surface area contributed by atoms with Crippen LogP contribution in [0.25, 0.3) is 11.1 Å². The summed E-state index contributed by atoms with van der Waals surface area (Å²) in [6, 6.07) is 14.4. The van der Waals surface area contributed by atoms with Crippen molar-refractivity contribution in [1.82, 2.24) is 0 Å². The highest BCUT2D eigenvalue weighted by atomic mass is 35.5. The Morgan fingerprint density at radius 2 is 1.81 bits per heavy atom. The van der Waals surface area contributed by atoms with Gasteiger partial charge in [-0.05, 0) is 54.7 Å². The fourth-order valence-electron chi connectivity index (χ4n) is 2.99. The maximum Gasteiger partial charge on any atom is 0.332 e. The fraction of sp³-hybridized carbons (Fsp3) is 0.150. The van der Waals surface area contributed by atoms with Crippen molar-refractivity contribution in [2.75, 3.05) is 5.32 Å². The van der Waals surface area contributed by atoms with Gasteiger partial charge in [-0.3, -0.25) is 4.79 Å². The molecule has 2 aromatic rings. The van der Waals surface area contributed by atoms with E-state index in [1.807, 2.05) is 6.07 Å². The molecule has 2 aromatic carbocycles. The van der Waals surface area contributed by atoms with Crippen LogP contribution in [0.4, 0.5) is 5.69 Å². The number of rotatable bonds is 4. The monoisotopic (exact) mass is 366 g/mol. The number of carbonyl (C=O) groups is 2. The van der Waals surface area contributed by atoms with E-state index in [1.54, 1.807) is 36.4 Å². The molecule has 0 unspecified atom stereocenters. The van der Waals surface area contributed by atoms with Crippen molar-refractivity contribution in [3.63, 3.8) is 0 Å². The molecule has 0 atom stereocenters. The van der Waals surface area contributed by atoms with Gasteiger partial charge in [0.25, 0.3) is 5.91 Å². The summed E-state index contributed by atoms with van der Waals surface area (Å²) in [4.78, 5) is 23.6. The minimum Gasteiger partial charge on any atom is -0.478 e. The summed E-state index contributed by atoms with van der Waals surface area (Å²) in [7, 11) is 0. The smallest absolute Gasteiger partial charge is 0.332 e. The summed E-state index contributed by atoms with van der Waals surface area (Å²) in [5, 5.41) is 21.2. The van der Waals surface area contributed by atoms with Crippen molar-refractivity contribution in [1.29, 1.82) is 5.26 Å². The van der Waals surface area contributed by atoms with Gasteiger partial charge in [-0.2, -0.15) is 5.26 Å². The molecule has 6 heteroatoms. The Hall–Kier alpha value is -3.10. The average molecular weight is 367 g/mol. The van der Waals surface area contributed by atoms with Gasteiger partial charge in [-0.25, -0.2) is 4.79 Å². The van der Waals surface area contributed by atoms with Crippen molar-refractivity contribution in [3.8, 4) is 17.2 Å². The van der Waals surface area contributed by atoms with Crippen LogP contribution in [0.15, 0.2) is 53.6 Å². The second-order valence-electron chi connectivity index (χ2n) is 5.96. The van der Waals surface area contributed by atoms with Gasteiger partial charge in [0, 0.05) is 11.1 Å². The van der Waals surface area contributed by atoms with Crippen molar-refractivity contribution in [2.45, 2.75) is 19.3 Å². The van der Waals surface area contributed by atoms with E-state index >= 15 is 0 Å². The SMILES string of the molecule is N#Cc1cccc(-c2ccc(NC(=O)C3=C(C(=O)O)CCC3)c(Cl)c2)c1. The highest BCUT2D eigenvalue weighted by Gasteiger charge is 2.25. The lowest BCUT2D eigenvalue weighted by molar-refractivity contribution is -0.133. The Kier molecular flexibility index (Phi) is 5.06. The molecule has 1 aliphatic rings. The van der Waals surface area contributed by atoms with E-state index in [2.05, 4.69) is 11.4 Å². The van der Waals surface area contributed by atoms with Gasteiger partial charge in [0.1, 0.15) is 0 Å². The van der Waals surface area contributed by atoms with Crippen LogP contribution < -0.4 is 5.32 Å². The number of benzene rings is 2. The van der Waals surface area contributed by atoms with Crippen molar-refractivity contribution >= 4 is 29.2 Å². The second-order valence-corrected chi connectivity index (χ2v) is 6.36. The van der Waals surface area contributed by atoms with Gasteiger partial charge < -0.3 is 10.4 Å². The van der Waals surface area contributed by atoms with Crippen LogP contribution in [-0.4, -0.2) is 17.0 Å². The van der Waals surface area contributed by atoms with Crippen LogP contribution in [-0.2, 0) is 9.59 Å². The molecule has 0 radical (unpaired) electrons. The molecule has 0 fully saturated rings. The Labute approximate surface area is 155 Å². The molecular weight excluding hydrogens is 352 g/mol. The average Bonchev–Trinajstić information content (AvgIpc) is 3.13. The minimum absolute atomic E-state index is 0.170. The number of amides is 1. The predicted octanol–water partition coefficient (Wildman–Crippen LogP) is 4.38. The Bertz CT molecular complexity index is 973.